The predicted octanol–water partition coefficient (Wildman–Crippen LogP) is 12.0. The standard InChI is InChI=1S/C52H34N4/c1-3-15-33(16-4-1)34-29-31-35(32-30-34)48-38-20-8-11-26-44(38)53-50(55-48)39-21-13-24-42-47(39)37-19-7-9-22-40(37)52(42)41-23-10-12-28-46(41)56-49-43(52)25-14-27-45(49)54-51(56)36-17-5-2-6-18-36/h1-32,50,53H. The fourth-order valence-corrected chi connectivity index (χ4v) is 9.76. The molecule has 12 rings (SSSR count). The largest absolute Gasteiger partial charge is 0.359 e. The maximum atomic E-state index is 5.60. The highest BCUT2D eigenvalue weighted by Crippen LogP contribution is 2.61. The number of para-hydroxylation sites is 3. The molecule has 4 nitrogen and oxygen atoms in total. The minimum atomic E-state index is -0.561. The molecule has 0 radical (unpaired) electrons. The third kappa shape index (κ3) is 4.24. The van der Waals surface area contributed by atoms with Crippen molar-refractivity contribution in [3.05, 3.63) is 233 Å². The molecule has 0 saturated carbocycles. The molecule has 3 heterocycles. The van der Waals surface area contributed by atoms with Crippen molar-refractivity contribution in [2.75, 3.05) is 5.32 Å². The first-order valence-electron chi connectivity index (χ1n) is 19.3. The minimum absolute atomic E-state index is 0.309. The van der Waals surface area contributed by atoms with Gasteiger partial charge in [0.15, 0.2) is 0 Å². The molecule has 2 atom stereocenters. The molecule has 2 aliphatic heterocycles. The smallest absolute Gasteiger partial charge is 0.146 e. The number of fused-ring (bicyclic) bond motifs is 10. The number of aromatic nitrogens is 2. The molecule has 0 fully saturated rings. The summed E-state index contributed by atoms with van der Waals surface area (Å²) in [5, 5.41) is 3.88. The van der Waals surface area contributed by atoms with E-state index in [1.807, 2.05) is 0 Å². The van der Waals surface area contributed by atoms with Crippen LogP contribution in [0.4, 0.5) is 5.69 Å². The fourth-order valence-electron chi connectivity index (χ4n) is 9.76. The number of imidazole rings is 1. The van der Waals surface area contributed by atoms with Crippen LogP contribution in [0.2, 0.25) is 0 Å². The Bertz CT molecular complexity index is 3050. The summed E-state index contributed by atoms with van der Waals surface area (Å²) in [4.78, 5) is 10.9. The second-order valence-corrected chi connectivity index (χ2v) is 14.9. The van der Waals surface area contributed by atoms with E-state index in [0.29, 0.717) is 0 Å². The molecule has 0 bridgehead atoms. The first-order chi connectivity index (χ1) is 27.8. The van der Waals surface area contributed by atoms with Gasteiger partial charge >= 0.3 is 0 Å². The van der Waals surface area contributed by atoms with Crippen molar-refractivity contribution in [3.8, 4) is 39.3 Å². The van der Waals surface area contributed by atoms with E-state index >= 15 is 0 Å². The second-order valence-electron chi connectivity index (χ2n) is 14.9. The summed E-state index contributed by atoms with van der Waals surface area (Å²) in [6.07, 6.45) is -0.309. The maximum absolute atomic E-state index is 5.60. The van der Waals surface area contributed by atoms with E-state index in [9.17, 15) is 0 Å². The Hall–Kier alpha value is -7.30. The molecule has 0 saturated heterocycles. The van der Waals surface area contributed by atoms with Crippen LogP contribution in [-0.2, 0) is 5.41 Å². The van der Waals surface area contributed by atoms with Crippen molar-refractivity contribution in [2.24, 2.45) is 4.99 Å². The van der Waals surface area contributed by atoms with Crippen molar-refractivity contribution in [1.82, 2.24) is 9.55 Å². The zero-order chi connectivity index (χ0) is 36.8. The minimum Gasteiger partial charge on any atom is -0.359 e. The van der Waals surface area contributed by atoms with Gasteiger partial charge in [-0.1, -0.05) is 176 Å². The number of anilines is 1. The summed E-state index contributed by atoms with van der Waals surface area (Å²) in [6.45, 7) is 0. The molecule has 56 heavy (non-hydrogen) atoms. The summed E-state index contributed by atoms with van der Waals surface area (Å²) in [7, 11) is 0. The van der Waals surface area contributed by atoms with Crippen LogP contribution in [0.15, 0.2) is 199 Å². The highest BCUT2D eigenvalue weighted by Gasteiger charge is 2.52. The average molecular weight is 715 g/mol. The lowest BCUT2D eigenvalue weighted by atomic mass is 9.65. The summed E-state index contributed by atoms with van der Waals surface area (Å²) < 4.78 is 2.39. The highest BCUT2D eigenvalue weighted by atomic mass is 15.1. The molecule has 0 amide bonds. The second kappa shape index (κ2) is 11.8. The SMILES string of the molecule is c1ccc(-c2ccc(C3=NC(c4cccc5c4-c4ccccc4C54c5ccccc5-n5c(-c6ccccc6)nc6cccc4c65)Nc4ccccc43)cc2)cc1. The van der Waals surface area contributed by atoms with Gasteiger partial charge in [0, 0.05) is 27.9 Å². The number of benzene rings is 8. The van der Waals surface area contributed by atoms with Gasteiger partial charge in [-0.2, -0.15) is 0 Å². The van der Waals surface area contributed by atoms with Crippen molar-refractivity contribution in [2.45, 2.75) is 11.6 Å². The van der Waals surface area contributed by atoms with Gasteiger partial charge in [-0.05, 0) is 62.7 Å². The van der Waals surface area contributed by atoms with Crippen molar-refractivity contribution in [1.29, 1.82) is 0 Å². The molecule has 4 heteroatoms. The molecular formula is C52H34N4. The van der Waals surface area contributed by atoms with Crippen LogP contribution in [0.1, 0.15) is 45.1 Å². The Labute approximate surface area is 325 Å². The molecule has 2 unspecified atom stereocenters. The van der Waals surface area contributed by atoms with E-state index in [0.717, 1.165) is 56.2 Å². The normalized spacial score (nSPS) is 17.1. The molecule has 9 aromatic rings. The molecule has 1 aliphatic carbocycles. The number of nitrogens with one attached hydrogen (secondary N) is 1. The molecule has 1 spiro atoms. The Morgan fingerprint density at radius 3 is 1.89 bits per heavy atom. The Morgan fingerprint density at radius 1 is 0.464 bits per heavy atom. The van der Waals surface area contributed by atoms with E-state index in [-0.39, 0.29) is 6.17 Å². The van der Waals surface area contributed by atoms with E-state index in [2.05, 4.69) is 204 Å². The monoisotopic (exact) mass is 714 g/mol. The lowest BCUT2D eigenvalue weighted by Crippen LogP contribution is -2.33. The first kappa shape index (κ1) is 31.1. The summed E-state index contributed by atoms with van der Waals surface area (Å²) >= 11 is 0. The lowest BCUT2D eigenvalue weighted by Gasteiger charge is -2.39. The zero-order valence-electron chi connectivity index (χ0n) is 30.4. The lowest BCUT2D eigenvalue weighted by molar-refractivity contribution is 0.743. The number of hydrogen-bond acceptors (Lipinski definition) is 3. The molecule has 8 aromatic carbocycles. The average Bonchev–Trinajstić information content (AvgIpc) is 3.81. The van der Waals surface area contributed by atoms with Crippen LogP contribution in [-0.4, -0.2) is 15.3 Å². The summed E-state index contributed by atoms with van der Waals surface area (Å²) in [6, 6.07) is 70.0. The van der Waals surface area contributed by atoms with Crippen LogP contribution in [0, 0.1) is 0 Å². The van der Waals surface area contributed by atoms with Gasteiger partial charge in [-0.3, -0.25) is 9.56 Å². The molecular weight excluding hydrogens is 681 g/mol. The number of hydrogen-bond donors (Lipinski definition) is 1. The predicted molar refractivity (Wildman–Crippen MR) is 228 cm³/mol. The fraction of sp³-hybridized carbons (Fsp3) is 0.0385. The summed E-state index contributed by atoms with van der Waals surface area (Å²) in [5.74, 6) is 0.958. The van der Waals surface area contributed by atoms with Crippen molar-refractivity contribution < 1.29 is 0 Å². The van der Waals surface area contributed by atoms with Crippen molar-refractivity contribution in [3.63, 3.8) is 0 Å². The first-order valence-corrected chi connectivity index (χ1v) is 19.3. The number of aliphatic imine (C=N–C) groups is 1. The third-order valence-electron chi connectivity index (χ3n) is 12.1. The van der Waals surface area contributed by atoms with Gasteiger partial charge in [-0.25, -0.2) is 4.98 Å². The molecule has 1 aromatic heterocycles. The number of nitrogens with zero attached hydrogens (tertiary/aromatic N) is 3. The van der Waals surface area contributed by atoms with Gasteiger partial charge in [0.05, 0.1) is 27.8 Å². The Balaban J connectivity index is 1.09. The van der Waals surface area contributed by atoms with Gasteiger partial charge in [0.2, 0.25) is 0 Å². The van der Waals surface area contributed by atoms with Crippen LogP contribution >= 0.6 is 0 Å². The summed E-state index contributed by atoms with van der Waals surface area (Å²) in [5.41, 5.74) is 19.2. The molecule has 1 N–H and O–H groups in total. The van der Waals surface area contributed by atoms with Crippen LogP contribution < -0.4 is 5.32 Å². The Morgan fingerprint density at radius 2 is 1.07 bits per heavy atom. The maximum Gasteiger partial charge on any atom is 0.146 e. The van der Waals surface area contributed by atoms with Gasteiger partial charge in [-0.15, -0.1) is 0 Å². The third-order valence-corrected chi connectivity index (χ3v) is 12.1. The van der Waals surface area contributed by atoms with Crippen LogP contribution in [0.3, 0.4) is 0 Å². The van der Waals surface area contributed by atoms with Crippen molar-refractivity contribution >= 4 is 22.4 Å². The van der Waals surface area contributed by atoms with Crippen LogP contribution in [0.5, 0.6) is 0 Å². The quantitative estimate of drug-likeness (QED) is 0.197. The van der Waals surface area contributed by atoms with E-state index in [1.165, 1.54) is 44.5 Å². The topological polar surface area (TPSA) is 42.2 Å². The Kier molecular flexibility index (Phi) is 6.58. The van der Waals surface area contributed by atoms with Gasteiger partial charge < -0.3 is 5.32 Å². The van der Waals surface area contributed by atoms with Crippen LogP contribution in [0.25, 0.3) is 50.4 Å². The molecule has 262 valence electrons. The van der Waals surface area contributed by atoms with Gasteiger partial charge in [0.1, 0.15) is 12.0 Å². The zero-order valence-corrected chi connectivity index (χ0v) is 30.4. The number of rotatable bonds is 4. The highest BCUT2D eigenvalue weighted by molar-refractivity contribution is 6.17. The van der Waals surface area contributed by atoms with Gasteiger partial charge in [0.25, 0.3) is 0 Å². The molecule has 3 aliphatic rings. The van der Waals surface area contributed by atoms with E-state index in [4.69, 9.17) is 9.98 Å². The van der Waals surface area contributed by atoms with E-state index in [1.54, 1.807) is 0 Å². The van der Waals surface area contributed by atoms with E-state index < -0.39 is 5.41 Å².